The summed E-state index contributed by atoms with van der Waals surface area (Å²) in [5, 5.41) is 2.82. The van der Waals surface area contributed by atoms with E-state index < -0.39 is 0 Å². The van der Waals surface area contributed by atoms with Crippen LogP contribution in [0.5, 0.6) is 0 Å². The zero-order chi connectivity index (χ0) is 10.4. The molecule has 0 aliphatic carbocycles. The molecular weight excluding hydrogens is 174 g/mol. The van der Waals surface area contributed by atoms with Gasteiger partial charge in [-0.3, -0.25) is 4.79 Å². The maximum absolute atomic E-state index is 11.6. The summed E-state index contributed by atoms with van der Waals surface area (Å²) in [5.74, 6) is -0.0483. The molecular formula is C12H15NO. The van der Waals surface area contributed by atoms with Gasteiger partial charge in [0.1, 0.15) is 0 Å². The van der Waals surface area contributed by atoms with E-state index in [9.17, 15) is 4.79 Å². The molecule has 0 spiro atoms. The number of allylic oxidation sites excluding steroid dienone is 2. The third-order valence-electron chi connectivity index (χ3n) is 1.86. The Balaban J connectivity index is 2.64. The van der Waals surface area contributed by atoms with Crippen molar-refractivity contribution < 1.29 is 4.79 Å². The first kappa shape index (κ1) is 10.5. The van der Waals surface area contributed by atoms with Gasteiger partial charge in [0.25, 0.3) is 5.91 Å². The molecule has 1 aromatic rings. The van der Waals surface area contributed by atoms with Gasteiger partial charge in [0.2, 0.25) is 0 Å². The zero-order valence-electron chi connectivity index (χ0n) is 8.58. The van der Waals surface area contributed by atoms with Crippen LogP contribution >= 0.6 is 0 Å². The lowest BCUT2D eigenvalue weighted by Gasteiger charge is -2.04. The highest BCUT2D eigenvalue weighted by Crippen LogP contribution is 2.00. The fourth-order valence-corrected chi connectivity index (χ4v) is 1.20. The van der Waals surface area contributed by atoms with E-state index in [-0.39, 0.29) is 5.91 Å². The highest BCUT2D eigenvalue weighted by molar-refractivity contribution is 5.95. The SMILES string of the molecule is CC/C=C(\C)NC(=O)c1ccccc1. The fourth-order valence-electron chi connectivity index (χ4n) is 1.20. The number of benzene rings is 1. The molecule has 1 N–H and O–H groups in total. The summed E-state index contributed by atoms with van der Waals surface area (Å²) in [4.78, 5) is 11.6. The molecule has 1 aromatic carbocycles. The van der Waals surface area contributed by atoms with Gasteiger partial charge in [-0.2, -0.15) is 0 Å². The van der Waals surface area contributed by atoms with Gasteiger partial charge in [0, 0.05) is 11.3 Å². The Labute approximate surface area is 84.6 Å². The lowest BCUT2D eigenvalue weighted by atomic mass is 10.2. The van der Waals surface area contributed by atoms with Crippen LogP contribution in [0.4, 0.5) is 0 Å². The molecule has 0 saturated heterocycles. The minimum Gasteiger partial charge on any atom is -0.326 e. The van der Waals surface area contributed by atoms with Crippen molar-refractivity contribution in [3.63, 3.8) is 0 Å². The molecule has 0 radical (unpaired) electrons. The van der Waals surface area contributed by atoms with Crippen molar-refractivity contribution >= 4 is 5.91 Å². The molecule has 14 heavy (non-hydrogen) atoms. The van der Waals surface area contributed by atoms with Crippen molar-refractivity contribution in [2.24, 2.45) is 0 Å². The summed E-state index contributed by atoms with van der Waals surface area (Å²) < 4.78 is 0. The van der Waals surface area contributed by atoms with Crippen LogP contribution in [0, 0.1) is 0 Å². The van der Waals surface area contributed by atoms with E-state index in [2.05, 4.69) is 5.32 Å². The first-order chi connectivity index (χ1) is 6.74. The number of amides is 1. The second-order valence-corrected chi connectivity index (χ2v) is 3.12. The Morgan fingerprint density at radius 1 is 1.36 bits per heavy atom. The summed E-state index contributed by atoms with van der Waals surface area (Å²) in [6.45, 7) is 3.93. The van der Waals surface area contributed by atoms with Crippen molar-refractivity contribution in [3.05, 3.63) is 47.7 Å². The third-order valence-corrected chi connectivity index (χ3v) is 1.86. The van der Waals surface area contributed by atoms with Gasteiger partial charge in [-0.1, -0.05) is 31.2 Å². The number of hydrogen-bond donors (Lipinski definition) is 1. The van der Waals surface area contributed by atoms with Gasteiger partial charge in [-0.15, -0.1) is 0 Å². The average molecular weight is 189 g/mol. The Kier molecular flexibility index (Phi) is 3.92. The lowest BCUT2D eigenvalue weighted by Crippen LogP contribution is -2.21. The van der Waals surface area contributed by atoms with Crippen LogP contribution in [0.1, 0.15) is 30.6 Å². The van der Waals surface area contributed by atoms with E-state index in [0.717, 1.165) is 12.1 Å². The third kappa shape index (κ3) is 3.05. The second-order valence-electron chi connectivity index (χ2n) is 3.12. The van der Waals surface area contributed by atoms with Crippen molar-refractivity contribution in [2.45, 2.75) is 20.3 Å². The standard InChI is InChI=1S/C12H15NO/c1-3-7-10(2)13-12(14)11-8-5-4-6-9-11/h4-9H,3H2,1-2H3,(H,13,14)/b10-7+. The maximum Gasteiger partial charge on any atom is 0.255 e. The van der Waals surface area contributed by atoms with E-state index in [1.807, 2.05) is 38.1 Å². The predicted octanol–water partition coefficient (Wildman–Crippen LogP) is 2.73. The molecule has 2 heteroatoms. The van der Waals surface area contributed by atoms with Gasteiger partial charge in [-0.05, 0) is 25.5 Å². The molecule has 0 saturated carbocycles. The van der Waals surface area contributed by atoms with E-state index in [1.54, 1.807) is 12.1 Å². The van der Waals surface area contributed by atoms with Crippen LogP contribution in [0.2, 0.25) is 0 Å². The molecule has 1 amide bonds. The van der Waals surface area contributed by atoms with Gasteiger partial charge >= 0.3 is 0 Å². The van der Waals surface area contributed by atoms with Gasteiger partial charge in [0.15, 0.2) is 0 Å². The predicted molar refractivity (Wildman–Crippen MR) is 58.0 cm³/mol. The smallest absolute Gasteiger partial charge is 0.255 e. The monoisotopic (exact) mass is 189 g/mol. The largest absolute Gasteiger partial charge is 0.326 e. The van der Waals surface area contributed by atoms with Crippen LogP contribution in [-0.4, -0.2) is 5.91 Å². The zero-order valence-corrected chi connectivity index (χ0v) is 8.58. The molecule has 0 aliphatic heterocycles. The Bertz CT molecular complexity index is 327. The first-order valence-corrected chi connectivity index (χ1v) is 4.77. The Morgan fingerprint density at radius 2 is 2.00 bits per heavy atom. The van der Waals surface area contributed by atoms with Gasteiger partial charge in [0.05, 0.1) is 0 Å². The topological polar surface area (TPSA) is 29.1 Å². The number of hydrogen-bond acceptors (Lipinski definition) is 1. The summed E-state index contributed by atoms with van der Waals surface area (Å²) >= 11 is 0. The first-order valence-electron chi connectivity index (χ1n) is 4.77. The van der Waals surface area contributed by atoms with E-state index in [0.29, 0.717) is 5.56 Å². The normalized spacial score (nSPS) is 11.1. The van der Waals surface area contributed by atoms with Crippen LogP contribution < -0.4 is 5.32 Å². The summed E-state index contributed by atoms with van der Waals surface area (Å²) in [6.07, 6.45) is 2.92. The van der Waals surface area contributed by atoms with E-state index in [1.165, 1.54) is 0 Å². The minimum atomic E-state index is -0.0483. The molecule has 0 aliphatic rings. The van der Waals surface area contributed by atoms with E-state index >= 15 is 0 Å². The molecule has 0 aromatic heterocycles. The van der Waals surface area contributed by atoms with Crippen molar-refractivity contribution in [2.75, 3.05) is 0 Å². The molecule has 0 atom stereocenters. The van der Waals surface area contributed by atoms with Gasteiger partial charge < -0.3 is 5.32 Å². The van der Waals surface area contributed by atoms with Crippen LogP contribution in [0.25, 0.3) is 0 Å². The highest BCUT2D eigenvalue weighted by Gasteiger charge is 2.02. The number of rotatable bonds is 3. The quantitative estimate of drug-likeness (QED) is 0.778. The average Bonchev–Trinajstić information content (AvgIpc) is 2.19. The maximum atomic E-state index is 11.6. The fraction of sp³-hybridized carbons (Fsp3) is 0.250. The summed E-state index contributed by atoms with van der Waals surface area (Å²) in [5.41, 5.74) is 1.60. The minimum absolute atomic E-state index is 0.0483. The van der Waals surface area contributed by atoms with Crippen LogP contribution in [0.15, 0.2) is 42.1 Å². The highest BCUT2D eigenvalue weighted by atomic mass is 16.1. The summed E-state index contributed by atoms with van der Waals surface area (Å²) in [7, 11) is 0. The second kappa shape index (κ2) is 5.22. The molecule has 2 nitrogen and oxygen atoms in total. The number of carbonyl (C=O) groups is 1. The molecule has 0 fully saturated rings. The van der Waals surface area contributed by atoms with Crippen LogP contribution in [-0.2, 0) is 0 Å². The van der Waals surface area contributed by atoms with Gasteiger partial charge in [-0.25, -0.2) is 0 Å². The Morgan fingerprint density at radius 3 is 2.57 bits per heavy atom. The number of nitrogens with one attached hydrogen (secondary N) is 1. The number of carbonyl (C=O) groups excluding carboxylic acids is 1. The molecule has 0 heterocycles. The van der Waals surface area contributed by atoms with Crippen molar-refractivity contribution in [1.29, 1.82) is 0 Å². The Hall–Kier alpha value is -1.57. The molecule has 74 valence electrons. The van der Waals surface area contributed by atoms with Crippen molar-refractivity contribution in [3.8, 4) is 0 Å². The molecule has 0 bridgehead atoms. The summed E-state index contributed by atoms with van der Waals surface area (Å²) in [6, 6.07) is 9.20. The molecule has 1 rings (SSSR count). The molecule has 0 unspecified atom stereocenters. The lowest BCUT2D eigenvalue weighted by molar-refractivity contribution is 0.0966. The van der Waals surface area contributed by atoms with Crippen molar-refractivity contribution in [1.82, 2.24) is 5.32 Å². The van der Waals surface area contributed by atoms with Crippen LogP contribution in [0.3, 0.4) is 0 Å². The van der Waals surface area contributed by atoms with E-state index in [4.69, 9.17) is 0 Å².